The second-order valence-corrected chi connectivity index (χ2v) is 6.11. The van der Waals surface area contributed by atoms with Gasteiger partial charge in [0.1, 0.15) is 5.75 Å². The molecule has 0 saturated heterocycles. The number of anilines is 1. The highest BCUT2D eigenvalue weighted by atomic mass is 16.3. The summed E-state index contributed by atoms with van der Waals surface area (Å²) in [7, 11) is 0. The molecular formula is C23H17NO2. The van der Waals surface area contributed by atoms with Crippen molar-refractivity contribution in [3.8, 4) is 16.9 Å². The first-order valence-electron chi connectivity index (χ1n) is 8.39. The number of nitrogens with one attached hydrogen (secondary N) is 1. The van der Waals surface area contributed by atoms with Crippen LogP contribution < -0.4 is 5.32 Å². The predicted molar refractivity (Wildman–Crippen MR) is 105 cm³/mol. The van der Waals surface area contributed by atoms with E-state index in [0.717, 1.165) is 27.6 Å². The van der Waals surface area contributed by atoms with Crippen molar-refractivity contribution in [3.05, 3.63) is 96.6 Å². The SMILES string of the molecule is O=C(Nc1ccc(-c2ccccc2)cc1)c1cccc2cc(O)ccc12. The smallest absolute Gasteiger partial charge is 0.256 e. The number of phenols is 1. The van der Waals surface area contributed by atoms with E-state index in [-0.39, 0.29) is 11.7 Å². The molecule has 4 rings (SSSR count). The molecule has 4 aromatic carbocycles. The van der Waals surface area contributed by atoms with Crippen molar-refractivity contribution >= 4 is 22.4 Å². The van der Waals surface area contributed by atoms with E-state index in [0.29, 0.717) is 5.56 Å². The van der Waals surface area contributed by atoms with Gasteiger partial charge in [-0.1, -0.05) is 54.6 Å². The maximum Gasteiger partial charge on any atom is 0.256 e. The number of phenolic OH excluding ortho intramolecular Hbond substituents is 1. The third-order valence-electron chi connectivity index (χ3n) is 4.36. The maximum atomic E-state index is 12.7. The largest absolute Gasteiger partial charge is 0.508 e. The summed E-state index contributed by atoms with van der Waals surface area (Å²) >= 11 is 0. The Morgan fingerprint density at radius 3 is 2.23 bits per heavy atom. The van der Waals surface area contributed by atoms with Crippen molar-refractivity contribution in [2.45, 2.75) is 0 Å². The molecule has 0 radical (unpaired) electrons. The molecule has 1 amide bonds. The molecule has 0 heterocycles. The minimum atomic E-state index is -0.172. The van der Waals surface area contributed by atoms with Gasteiger partial charge in [-0.3, -0.25) is 4.79 Å². The Labute approximate surface area is 151 Å². The molecule has 0 atom stereocenters. The lowest BCUT2D eigenvalue weighted by atomic mass is 10.0. The van der Waals surface area contributed by atoms with Crippen LogP contribution in [0.4, 0.5) is 5.69 Å². The Hall–Kier alpha value is -3.59. The summed E-state index contributed by atoms with van der Waals surface area (Å²) in [4.78, 5) is 12.7. The monoisotopic (exact) mass is 339 g/mol. The van der Waals surface area contributed by atoms with Gasteiger partial charge in [-0.2, -0.15) is 0 Å². The summed E-state index contributed by atoms with van der Waals surface area (Å²) in [5.41, 5.74) is 3.56. The molecule has 26 heavy (non-hydrogen) atoms. The van der Waals surface area contributed by atoms with E-state index in [1.165, 1.54) is 0 Å². The van der Waals surface area contributed by atoms with E-state index in [1.807, 2.05) is 54.6 Å². The van der Waals surface area contributed by atoms with Gasteiger partial charge < -0.3 is 10.4 Å². The first-order chi connectivity index (χ1) is 12.7. The zero-order chi connectivity index (χ0) is 17.9. The molecule has 0 aliphatic carbocycles. The van der Waals surface area contributed by atoms with E-state index < -0.39 is 0 Å². The van der Waals surface area contributed by atoms with Gasteiger partial charge in [0, 0.05) is 11.3 Å². The average molecular weight is 339 g/mol. The third kappa shape index (κ3) is 3.15. The third-order valence-corrected chi connectivity index (χ3v) is 4.36. The van der Waals surface area contributed by atoms with Gasteiger partial charge in [0.15, 0.2) is 0 Å². The molecule has 0 unspecified atom stereocenters. The highest BCUT2D eigenvalue weighted by molar-refractivity contribution is 6.13. The van der Waals surface area contributed by atoms with E-state index in [4.69, 9.17) is 0 Å². The van der Waals surface area contributed by atoms with Crippen LogP contribution in [0.15, 0.2) is 91.0 Å². The van der Waals surface area contributed by atoms with Crippen molar-refractivity contribution in [1.82, 2.24) is 0 Å². The summed E-state index contributed by atoms with van der Waals surface area (Å²) < 4.78 is 0. The lowest BCUT2D eigenvalue weighted by molar-refractivity contribution is 0.102. The van der Waals surface area contributed by atoms with E-state index in [1.54, 1.807) is 24.3 Å². The molecule has 2 N–H and O–H groups in total. The number of hydrogen-bond donors (Lipinski definition) is 2. The summed E-state index contributed by atoms with van der Waals surface area (Å²) in [6.07, 6.45) is 0. The van der Waals surface area contributed by atoms with Gasteiger partial charge in [0.25, 0.3) is 5.91 Å². The van der Waals surface area contributed by atoms with Crippen molar-refractivity contribution in [2.24, 2.45) is 0 Å². The Morgan fingerprint density at radius 1 is 0.731 bits per heavy atom. The molecule has 0 bridgehead atoms. The van der Waals surface area contributed by atoms with Crippen molar-refractivity contribution in [2.75, 3.05) is 5.32 Å². The number of fused-ring (bicyclic) bond motifs is 1. The van der Waals surface area contributed by atoms with Crippen LogP contribution in [-0.4, -0.2) is 11.0 Å². The van der Waals surface area contributed by atoms with Crippen molar-refractivity contribution < 1.29 is 9.90 Å². The number of benzene rings is 4. The van der Waals surface area contributed by atoms with E-state index >= 15 is 0 Å². The first-order valence-corrected chi connectivity index (χ1v) is 8.39. The standard InChI is InChI=1S/C23H17NO2/c25-20-13-14-21-18(15-20)7-4-8-22(21)23(26)24-19-11-9-17(10-12-19)16-5-2-1-3-6-16/h1-15,25H,(H,24,26). The van der Waals surface area contributed by atoms with E-state index in [9.17, 15) is 9.90 Å². The van der Waals surface area contributed by atoms with Crippen LogP contribution in [0.3, 0.4) is 0 Å². The van der Waals surface area contributed by atoms with E-state index in [2.05, 4.69) is 17.4 Å². The molecule has 0 aliphatic heterocycles. The molecule has 0 fully saturated rings. The highest BCUT2D eigenvalue weighted by Crippen LogP contribution is 2.25. The normalized spacial score (nSPS) is 10.6. The first kappa shape index (κ1) is 15.9. The Balaban J connectivity index is 1.59. The lowest BCUT2D eigenvalue weighted by Crippen LogP contribution is -2.12. The van der Waals surface area contributed by atoms with Gasteiger partial charge in [0.2, 0.25) is 0 Å². The topological polar surface area (TPSA) is 49.3 Å². The molecule has 4 aromatic rings. The number of carbonyl (C=O) groups excluding carboxylic acids is 1. The van der Waals surface area contributed by atoms with Gasteiger partial charge in [-0.15, -0.1) is 0 Å². The molecular weight excluding hydrogens is 322 g/mol. The fourth-order valence-electron chi connectivity index (χ4n) is 3.04. The number of rotatable bonds is 3. The number of aromatic hydroxyl groups is 1. The second kappa shape index (κ2) is 6.73. The van der Waals surface area contributed by atoms with Crippen molar-refractivity contribution in [1.29, 1.82) is 0 Å². The fraction of sp³-hybridized carbons (Fsp3) is 0. The van der Waals surface area contributed by atoms with Gasteiger partial charge in [-0.25, -0.2) is 0 Å². The highest BCUT2D eigenvalue weighted by Gasteiger charge is 2.10. The molecule has 0 aromatic heterocycles. The van der Waals surface area contributed by atoms with Crippen LogP contribution in [-0.2, 0) is 0 Å². The zero-order valence-electron chi connectivity index (χ0n) is 14.0. The maximum absolute atomic E-state index is 12.7. The fourth-order valence-corrected chi connectivity index (χ4v) is 3.04. The predicted octanol–water partition coefficient (Wildman–Crippen LogP) is 5.46. The summed E-state index contributed by atoms with van der Waals surface area (Å²) in [5, 5.41) is 14.2. The molecule has 3 heteroatoms. The second-order valence-electron chi connectivity index (χ2n) is 6.11. The number of amides is 1. The summed E-state index contributed by atoms with van der Waals surface area (Å²) in [6.45, 7) is 0. The number of hydrogen-bond acceptors (Lipinski definition) is 2. The van der Waals surface area contributed by atoms with Crippen LogP contribution in [0, 0.1) is 0 Å². The Morgan fingerprint density at radius 2 is 1.46 bits per heavy atom. The van der Waals surface area contributed by atoms with Crippen LogP contribution in [0.2, 0.25) is 0 Å². The Kier molecular flexibility index (Phi) is 4.12. The van der Waals surface area contributed by atoms with Crippen LogP contribution >= 0.6 is 0 Å². The minimum Gasteiger partial charge on any atom is -0.508 e. The number of carbonyl (C=O) groups is 1. The van der Waals surface area contributed by atoms with Gasteiger partial charge >= 0.3 is 0 Å². The molecule has 0 saturated carbocycles. The lowest BCUT2D eigenvalue weighted by Gasteiger charge is -2.09. The molecule has 0 spiro atoms. The summed E-state index contributed by atoms with van der Waals surface area (Å²) in [5.74, 6) is 0.0142. The molecule has 3 nitrogen and oxygen atoms in total. The van der Waals surface area contributed by atoms with Gasteiger partial charge in [0.05, 0.1) is 0 Å². The minimum absolute atomic E-state index is 0.172. The van der Waals surface area contributed by atoms with Crippen LogP contribution in [0.25, 0.3) is 21.9 Å². The average Bonchev–Trinajstić information content (AvgIpc) is 2.68. The Bertz CT molecular complexity index is 1070. The van der Waals surface area contributed by atoms with Gasteiger partial charge in [-0.05, 0) is 58.3 Å². The van der Waals surface area contributed by atoms with Crippen LogP contribution in [0.5, 0.6) is 5.75 Å². The van der Waals surface area contributed by atoms with Crippen molar-refractivity contribution in [3.63, 3.8) is 0 Å². The quantitative estimate of drug-likeness (QED) is 0.520. The zero-order valence-corrected chi connectivity index (χ0v) is 14.0. The molecule has 0 aliphatic rings. The summed E-state index contributed by atoms with van der Waals surface area (Å²) in [6, 6.07) is 28.4. The molecule has 126 valence electrons. The van der Waals surface area contributed by atoms with Crippen LogP contribution in [0.1, 0.15) is 10.4 Å².